The third kappa shape index (κ3) is 3.48. The molecule has 4 nitrogen and oxygen atoms in total. The van der Waals surface area contributed by atoms with Crippen LogP contribution in [0.15, 0.2) is 36.4 Å². The first kappa shape index (κ1) is 14.3. The van der Waals surface area contributed by atoms with Gasteiger partial charge in [0.25, 0.3) is 0 Å². The number of pyridine rings is 1. The third-order valence-electron chi connectivity index (χ3n) is 2.99. The molecule has 0 aliphatic heterocycles. The van der Waals surface area contributed by atoms with Crippen molar-refractivity contribution < 1.29 is 14.6 Å². The normalized spacial score (nSPS) is 12.0. The molecule has 0 spiro atoms. The van der Waals surface area contributed by atoms with Crippen LogP contribution in [0.1, 0.15) is 29.8 Å². The zero-order valence-corrected chi connectivity index (χ0v) is 12.0. The molecule has 0 unspecified atom stereocenters. The Bertz CT molecular complexity index is 582. The molecule has 4 heteroatoms. The van der Waals surface area contributed by atoms with E-state index in [0.29, 0.717) is 18.2 Å². The van der Waals surface area contributed by atoms with Crippen molar-refractivity contribution >= 4 is 0 Å². The average Bonchev–Trinajstić information content (AvgIpc) is 2.45. The molecule has 1 aromatic heterocycles. The fourth-order valence-corrected chi connectivity index (χ4v) is 1.92. The predicted octanol–water partition coefficient (Wildman–Crippen LogP) is 3.03. The summed E-state index contributed by atoms with van der Waals surface area (Å²) in [7, 11) is 1.58. The molecule has 2 aromatic rings. The van der Waals surface area contributed by atoms with Crippen LogP contribution >= 0.6 is 0 Å². The van der Waals surface area contributed by atoms with Crippen LogP contribution in [0.5, 0.6) is 11.6 Å². The lowest BCUT2D eigenvalue weighted by Crippen LogP contribution is -2.03. The van der Waals surface area contributed by atoms with Crippen LogP contribution in [0, 0.1) is 6.92 Å². The van der Waals surface area contributed by atoms with E-state index in [1.54, 1.807) is 20.1 Å². The second-order valence-corrected chi connectivity index (χ2v) is 4.68. The highest BCUT2D eigenvalue weighted by atomic mass is 16.5. The Labute approximate surface area is 119 Å². The van der Waals surface area contributed by atoms with E-state index in [1.807, 2.05) is 37.3 Å². The number of rotatable bonds is 5. The maximum atomic E-state index is 9.76. The van der Waals surface area contributed by atoms with Crippen LogP contribution in [0.3, 0.4) is 0 Å². The minimum Gasteiger partial charge on any atom is -0.487 e. The number of aromatic nitrogens is 1. The van der Waals surface area contributed by atoms with Gasteiger partial charge in [-0.15, -0.1) is 0 Å². The lowest BCUT2D eigenvalue weighted by molar-refractivity contribution is 0.189. The van der Waals surface area contributed by atoms with Crippen molar-refractivity contribution in [3.63, 3.8) is 0 Å². The summed E-state index contributed by atoms with van der Waals surface area (Å²) < 4.78 is 10.9. The Kier molecular flexibility index (Phi) is 4.58. The third-order valence-corrected chi connectivity index (χ3v) is 2.99. The monoisotopic (exact) mass is 273 g/mol. The van der Waals surface area contributed by atoms with Gasteiger partial charge in [-0.25, -0.2) is 4.98 Å². The molecule has 2 rings (SSSR count). The van der Waals surface area contributed by atoms with Gasteiger partial charge in [0.05, 0.1) is 18.9 Å². The van der Waals surface area contributed by atoms with E-state index in [2.05, 4.69) is 4.98 Å². The summed E-state index contributed by atoms with van der Waals surface area (Å²) in [6.07, 6.45) is -0.566. The Morgan fingerprint density at radius 3 is 2.75 bits per heavy atom. The highest BCUT2D eigenvalue weighted by Gasteiger charge is 2.10. The fraction of sp³-hybridized carbons (Fsp3) is 0.312. The number of aryl methyl sites for hydroxylation is 1. The van der Waals surface area contributed by atoms with Gasteiger partial charge in [-0.2, -0.15) is 0 Å². The summed E-state index contributed by atoms with van der Waals surface area (Å²) in [6, 6.07) is 11.3. The lowest BCUT2D eigenvalue weighted by atomic mass is 10.1. The molecular formula is C16H19NO3. The molecule has 0 saturated heterocycles. The average molecular weight is 273 g/mol. The number of methoxy groups -OCH3 is 1. The van der Waals surface area contributed by atoms with E-state index in [9.17, 15) is 5.11 Å². The molecule has 106 valence electrons. The van der Waals surface area contributed by atoms with Crippen molar-refractivity contribution in [3.8, 4) is 11.6 Å². The zero-order chi connectivity index (χ0) is 14.5. The Hall–Kier alpha value is -2.07. The second-order valence-electron chi connectivity index (χ2n) is 4.68. The van der Waals surface area contributed by atoms with Crippen LogP contribution in [-0.2, 0) is 6.61 Å². The number of nitrogens with zero attached hydrogens (tertiary/aromatic N) is 1. The van der Waals surface area contributed by atoms with Crippen molar-refractivity contribution in [2.45, 2.75) is 26.6 Å². The van der Waals surface area contributed by atoms with Gasteiger partial charge >= 0.3 is 0 Å². The van der Waals surface area contributed by atoms with Crippen molar-refractivity contribution in [2.24, 2.45) is 0 Å². The van der Waals surface area contributed by atoms with E-state index < -0.39 is 6.10 Å². The number of aliphatic hydroxyl groups excluding tert-OH is 1. The van der Waals surface area contributed by atoms with Crippen molar-refractivity contribution in [2.75, 3.05) is 7.11 Å². The molecule has 1 N–H and O–H groups in total. The SMILES string of the molecule is COc1cccc(COc2cc(C)ccc2[C@@H](C)O)n1. The zero-order valence-electron chi connectivity index (χ0n) is 12.0. The maximum Gasteiger partial charge on any atom is 0.213 e. The number of benzene rings is 1. The first-order valence-electron chi connectivity index (χ1n) is 6.51. The first-order chi connectivity index (χ1) is 9.60. The molecule has 0 aliphatic carbocycles. The van der Waals surface area contributed by atoms with E-state index >= 15 is 0 Å². The summed E-state index contributed by atoms with van der Waals surface area (Å²) in [5.41, 5.74) is 2.64. The molecule has 1 heterocycles. The summed E-state index contributed by atoms with van der Waals surface area (Å²) in [6.45, 7) is 4.05. The smallest absolute Gasteiger partial charge is 0.213 e. The number of ether oxygens (including phenoxy) is 2. The van der Waals surface area contributed by atoms with Crippen molar-refractivity contribution in [3.05, 3.63) is 53.2 Å². The largest absolute Gasteiger partial charge is 0.487 e. The van der Waals surface area contributed by atoms with Gasteiger partial charge in [-0.05, 0) is 31.5 Å². The lowest BCUT2D eigenvalue weighted by Gasteiger charge is -2.14. The Morgan fingerprint density at radius 1 is 1.25 bits per heavy atom. The molecule has 0 radical (unpaired) electrons. The van der Waals surface area contributed by atoms with Crippen LogP contribution in [0.25, 0.3) is 0 Å². The quantitative estimate of drug-likeness (QED) is 0.909. The number of aliphatic hydroxyl groups is 1. The van der Waals surface area contributed by atoms with E-state index in [-0.39, 0.29) is 0 Å². The van der Waals surface area contributed by atoms with E-state index in [0.717, 1.165) is 16.8 Å². The highest BCUT2D eigenvalue weighted by Crippen LogP contribution is 2.27. The summed E-state index contributed by atoms with van der Waals surface area (Å²) in [5.74, 6) is 1.25. The summed E-state index contributed by atoms with van der Waals surface area (Å²) in [5, 5.41) is 9.76. The van der Waals surface area contributed by atoms with Crippen LogP contribution in [-0.4, -0.2) is 17.2 Å². The van der Waals surface area contributed by atoms with Gasteiger partial charge in [-0.1, -0.05) is 18.2 Å². The van der Waals surface area contributed by atoms with Gasteiger partial charge in [0, 0.05) is 11.6 Å². The van der Waals surface area contributed by atoms with Crippen LogP contribution < -0.4 is 9.47 Å². The molecular weight excluding hydrogens is 254 g/mol. The number of hydrogen-bond acceptors (Lipinski definition) is 4. The van der Waals surface area contributed by atoms with Gasteiger partial charge in [0.2, 0.25) is 5.88 Å². The number of hydrogen-bond donors (Lipinski definition) is 1. The standard InChI is InChI=1S/C16H19NO3/c1-11-7-8-14(12(2)18)15(9-11)20-10-13-5-4-6-16(17-13)19-3/h4-9,12,18H,10H2,1-3H3/t12-/m1/s1. The van der Waals surface area contributed by atoms with Gasteiger partial charge in [-0.3, -0.25) is 0 Å². The maximum absolute atomic E-state index is 9.76. The molecule has 1 atom stereocenters. The molecule has 20 heavy (non-hydrogen) atoms. The fourth-order valence-electron chi connectivity index (χ4n) is 1.92. The molecule has 0 aliphatic rings. The van der Waals surface area contributed by atoms with Crippen molar-refractivity contribution in [1.29, 1.82) is 0 Å². The summed E-state index contributed by atoms with van der Waals surface area (Å²) >= 11 is 0. The Balaban J connectivity index is 2.15. The van der Waals surface area contributed by atoms with Crippen molar-refractivity contribution in [1.82, 2.24) is 4.98 Å². The minimum absolute atomic E-state index is 0.334. The van der Waals surface area contributed by atoms with Gasteiger partial charge < -0.3 is 14.6 Å². The molecule has 0 bridgehead atoms. The summed E-state index contributed by atoms with van der Waals surface area (Å²) in [4.78, 5) is 4.29. The first-order valence-corrected chi connectivity index (χ1v) is 6.51. The van der Waals surface area contributed by atoms with Gasteiger partial charge in [0.15, 0.2) is 0 Å². The highest BCUT2D eigenvalue weighted by molar-refractivity contribution is 5.38. The topological polar surface area (TPSA) is 51.6 Å². The molecule has 1 aromatic carbocycles. The van der Waals surface area contributed by atoms with E-state index in [4.69, 9.17) is 9.47 Å². The molecule has 0 amide bonds. The molecule has 0 fully saturated rings. The van der Waals surface area contributed by atoms with Crippen LogP contribution in [0.2, 0.25) is 0 Å². The van der Waals surface area contributed by atoms with Crippen LogP contribution in [0.4, 0.5) is 0 Å². The predicted molar refractivity (Wildman–Crippen MR) is 76.9 cm³/mol. The minimum atomic E-state index is -0.566. The van der Waals surface area contributed by atoms with Gasteiger partial charge in [0.1, 0.15) is 12.4 Å². The van der Waals surface area contributed by atoms with E-state index in [1.165, 1.54) is 0 Å². The Morgan fingerprint density at radius 2 is 2.05 bits per heavy atom. The second kappa shape index (κ2) is 6.39. The molecule has 0 saturated carbocycles.